The lowest BCUT2D eigenvalue weighted by molar-refractivity contribution is 0.0953. The van der Waals surface area contributed by atoms with Gasteiger partial charge in [-0.15, -0.1) is 11.3 Å². The largest absolute Gasteiger partial charge is 0.504 e. The van der Waals surface area contributed by atoms with E-state index in [-0.39, 0.29) is 28.8 Å². The molecule has 0 saturated heterocycles. The normalized spacial score (nSPS) is 11.5. The molecule has 3 aromatic heterocycles. The van der Waals surface area contributed by atoms with Crippen LogP contribution in [0.2, 0.25) is 0 Å². The van der Waals surface area contributed by atoms with Crippen LogP contribution in [0, 0.1) is 0 Å². The van der Waals surface area contributed by atoms with E-state index in [0.717, 1.165) is 4.88 Å². The highest BCUT2D eigenvalue weighted by Gasteiger charge is 2.24. The summed E-state index contributed by atoms with van der Waals surface area (Å²) >= 11 is 1.54. The molecule has 0 fully saturated rings. The van der Waals surface area contributed by atoms with Crippen molar-refractivity contribution >= 4 is 51.5 Å². The number of hydrogen-bond acceptors (Lipinski definition) is 8. The van der Waals surface area contributed by atoms with Crippen molar-refractivity contribution in [2.75, 3.05) is 5.73 Å². The second-order valence-electron chi connectivity index (χ2n) is 7.21. The lowest BCUT2D eigenvalue weighted by Gasteiger charge is -2.04. The fourth-order valence-electron chi connectivity index (χ4n) is 3.40. The number of phenols is 2. The van der Waals surface area contributed by atoms with E-state index in [0.29, 0.717) is 34.3 Å². The number of phenolic OH excluding ortho intramolecular Hbond substituents is 2. The third-order valence-electron chi connectivity index (χ3n) is 5.03. The van der Waals surface area contributed by atoms with Crippen LogP contribution in [0.1, 0.15) is 20.8 Å². The highest BCUT2D eigenvalue weighted by molar-refractivity contribution is 7.09. The predicted octanol–water partition coefficient (Wildman–Crippen LogP) is 3.45. The SMILES string of the molecule is Nc1c(C(=O)NCc2cccs2)c2nc3ccccc3nc2n1/N=C/c1ccc(O)c(O)c1. The topological polar surface area (TPSA) is 139 Å². The number of nitrogens with one attached hydrogen (secondary N) is 1. The molecule has 0 saturated carbocycles. The van der Waals surface area contributed by atoms with Gasteiger partial charge in [-0.1, -0.05) is 18.2 Å². The Morgan fingerprint density at radius 3 is 2.61 bits per heavy atom. The van der Waals surface area contributed by atoms with Gasteiger partial charge in [0.1, 0.15) is 16.9 Å². The zero-order valence-corrected chi connectivity index (χ0v) is 18.0. The number of aromatic nitrogens is 3. The molecule has 5 N–H and O–H groups in total. The Hall–Kier alpha value is -4.44. The van der Waals surface area contributed by atoms with Gasteiger partial charge in [0.25, 0.3) is 5.91 Å². The van der Waals surface area contributed by atoms with Crippen molar-refractivity contribution in [2.24, 2.45) is 5.10 Å². The molecule has 1 amide bonds. The molecule has 0 aliphatic rings. The molecule has 3 heterocycles. The number of nitrogens with two attached hydrogens (primary N) is 1. The maximum absolute atomic E-state index is 13.1. The zero-order valence-electron chi connectivity index (χ0n) is 17.1. The fourth-order valence-corrected chi connectivity index (χ4v) is 4.05. The molecule has 5 aromatic rings. The minimum absolute atomic E-state index is 0.0863. The second-order valence-corrected chi connectivity index (χ2v) is 8.24. The number of carbonyl (C=O) groups is 1. The number of thiophene rings is 1. The molecule has 10 heteroatoms. The Kier molecular flexibility index (Phi) is 5.11. The summed E-state index contributed by atoms with van der Waals surface area (Å²) in [4.78, 5) is 23.4. The van der Waals surface area contributed by atoms with Crippen molar-refractivity contribution in [1.29, 1.82) is 0 Å². The van der Waals surface area contributed by atoms with Crippen molar-refractivity contribution < 1.29 is 15.0 Å². The van der Waals surface area contributed by atoms with Gasteiger partial charge in [0, 0.05) is 4.88 Å². The Balaban J connectivity index is 1.62. The van der Waals surface area contributed by atoms with Gasteiger partial charge >= 0.3 is 0 Å². The van der Waals surface area contributed by atoms with Crippen LogP contribution in [0.4, 0.5) is 5.82 Å². The van der Waals surface area contributed by atoms with Crippen LogP contribution in [0.25, 0.3) is 22.2 Å². The van der Waals surface area contributed by atoms with Gasteiger partial charge in [-0.2, -0.15) is 9.78 Å². The van der Waals surface area contributed by atoms with Crippen LogP contribution in [0.3, 0.4) is 0 Å². The van der Waals surface area contributed by atoms with Crippen LogP contribution >= 0.6 is 11.3 Å². The minimum Gasteiger partial charge on any atom is -0.504 e. The molecular formula is C23H18N6O3S. The molecule has 0 unspecified atom stereocenters. The number of aromatic hydroxyl groups is 2. The Morgan fingerprint density at radius 2 is 1.88 bits per heavy atom. The first-order valence-electron chi connectivity index (χ1n) is 9.95. The van der Waals surface area contributed by atoms with Gasteiger partial charge < -0.3 is 21.3 Å². The Labute approximate surface area is 191 Å². The van der Waals surface area contributed by atoms with Crippen LogP contribution in [-0.4, -0.2) is 37.0 Å². The quantitative estimate of drug-likeness (QED) is 0.235. The number of amides is 1. The molecule has 0 spiro atoms. The van der Waals surface area contributed by atoms with Gasteiger partial charge in [-0.3, -0.25) is 4.79 Å². The van der Waals surface area contributed by atoms with Gasteiger partial charge in [0.05, 0.1) is 23.8 Å². The van der Waals surface area contributed by atoms with Crippen molar-refractivity contribution in [1.82, 2.24) is 20.0 Å². The molecule has 0 aliphatic heterocycles. The number of hydrogen-bond donors (Lipinski definition) is 4. The fraction of sp³-hybridized carbons (Fsp3) is 0.0435. The lowest BCUT2D eigenvalue weighted by atomic mass is 10.2. The minimum atomic E-state index is -0.383. The molecule has 0 aliphatic carbocycles. The molecule has 5 rings (SSSR count). The maximum atomic E-state index is 13.1. The number of nitrogen functional groups attached to an aromatic ring is 1. The number of fused-ring (bicyclic) bond motifs is 2. The lowest BCUT2D eigenvalue weighted by Crippen LogP contribution is -2.23. The van der Waals surface area contributed by atoms with E-state index >= 15 is 0 Å². The van der Waals surface area contributed by atoms with E-state index in [1.165, 1.54) is 23.0 Å². The molecule has 0 bridgehead atoms. The molecule has 33 heavy (non-hydrogen) atoms. The predicted molar refractivity (Wildman–Crippen MR) is 128 cm³/mol. The third-order valence-corrected chi connectivity index (χ3v) is 5.90. The number of carbonyl (C=O) groups excluding carboxylic acids is 1. The maximum Gasteiger partial charge on any atom is 0.257 e. The second kappa shape index (κ2) is 8.24. The third kappa shape index (κ3) is 3.83. The van der Waals surface area contributed by atoms with Gasteiger partial charge in [0.2, 0.25) is 0 Å². The van der Waals surface area contributed by atoms with E-state index in [1.54, 1.807) is 17.4 Å². The summed E-state index contributed by atoms with van der Waals surface area (Å²) < 4.78 is 1.35. The van der Waals surface area contributed by atoms with Gasteiger partial charge in [-0.25, -0.2) is 9.97 Å². The van der Waals surface area contributed by atoms with E-state index in [4.69, 9.17) is 5.73 Å². The molecule has 0 radical (unpaired) electrons. The number of nitrogens with zero attached hydrogens (tertiary/aromatic N) is 4. The molecule has 2 aromatic carbocycles. The zero-order chi connectivity index (χ0) is 22.9. The first kappa shape index (κ1) is 20.5. The van der Waals surface area contributed by atoms with Crippen molar-refractivity contribution in [3.05, 3.63) is 76.0 Å². The molecule has 9 nitrogen and oxygen atoms in total. The summed E-state index contributed by atoms with van der Waals surface area (Å²) in [7, 11) is 0. The average Bonchev–Trinajstić information content (AvgIpc) is 3.42. The number of anilines is 1. The number of para-hydroxylation sites is 2. The molecule has 0 atom stereocenters. The first-order valence-corrected chi connectivity index (χ1v) is 10.8. The Morgan fingerprint density at radius 1 is 1.09 bits per heavy atom. The summed E-state index contributed by atoms with van der Waals surface area (Å²) in [5, 5.41) is 28.5. The average molecular weight is 459 g/mol. The number of rotatable bonds is 5. The van der Waals surface area contributed by atoms with Crippen molar-refractivity contribution in [3.8, 4) is 11.5 Å². The highest BCUT2D eigenvalue weighted by atomic mass is 32.1. The standard InChI is InChI=1S/C23H18N6O3S/c24-21-19(23(32)25-12-14-4-3-9-33-14)20-22(28-16-6-2-1-5-15(16)27-20)29(21)26-11-13-7-8-17(30)18(31)10-13/h1-11,30-31H,12,24H2,(H,25,32)/b26-11+. The monoisotopic (exact) mass is 458 g/mol. The summed E-state index contributed by atoms with van der Waals surface area (Å²) in [5.41, 5.74) is 8.99. The summed E-state index contributed by atoms with van der Waals surface area (Å²) in [5.74, 6) is -0.807. The highest BCUT2D eigenvalue weighted by Crippen LogP contribution is 2.28. The number of benzene rings is 2. The molecule has 164 valence electrons. The van der Waals surface area contributed by atoms with Crippen molar-refractivity contribution in [3.63, 3.8) is 0 Å². The van der Waals surface area contributed by atoms with Gasteiger partial charge in [0.15, 0.2) is 17.1 Å². The van der Waals surface area contributed by atoms with Gasteiger partial charge in [-0.05, 0) is 47.3 Å². The van der Waals surface area contributed by atoms with E-state index < -0.39 is 0 Å². The van der Waals surface area contributed by atoms with Crippen LogP contribution in [0.5, 0.6) is 11.5 Å². The van der Waals surface area contributed by atoms with Crippen LogP contribution < -0.4 is 11.1 Å². The molecular weight excluding hydrogens is 440 g/mol. The summed E-state index contributed by atoms with van der Waals surface area (Å²) in [6.07, 6.45) is 1.44. The first-order chi connectivity index (χ1) is 16.0. The summed E-state index contributed by atoms with van der Waals surface area (Å²) in [6.45, 7) is 0.361. The van der Waals surface area contributed by atoms with Crippen molar-refractivity contribution in [2.45, 2.75) is 6.54 Å². The smallest absolute Gasteiger partial charge is 0.257 e. The van der Waals surface area contributed by atoms with Crippen LogP contribution in [0.15, 0.2) is 65.1 Å². The van der Waals surface area contributed by atoms with E-state index in [2.05, 4.69) is 20.4 Å². The summed E-state index contributed by atoms with van der Waals surface area (Å²) in [6, 6.07) is 15.4. The van der Waals surface area contributed by atoms with Crippen LogP contribution in [-0.2, 0) is 6.54 Å². The Bertz CT molecular complexity index is 1520. The van der Waals surface area contributed by atoms with E-state index in [9.17, 15) is 15.0 Å². The van der Waals surface area contributed by atoms with E-state index in [1.807, 2.05) is 41.8 Å².